The van der Waals surface area contributed by atoms with Crippen LogP contribution in [0.2, 0.25) is 0 Å². The highest BCUT2D eigenvalue weighted by molar-refractivity contribution is 5.89. The molecule has 0 aromatic heterocycles. The van der Waals surface area contributed by atoms with Crippen molar-refractivity contribution in [1.29, 1.82) is 0 Å². The number of hydrogen-bond acceptors (Lipinski definition) is 5. The third kappa shape index (κ3) is 8.67. The van der Waals surface area contributed by atoms with E-state index in [-0.39, 0.29) is 24.0 Å². The third-order valence-corrected chi connectivity index (χ3v) is 3.60. The number of carbonyl (C=O) groups is 2. The van der Waals surface area contributed by atoms with E-state index in [0.29, 0.717) is 38.7 Å². The smallest absolute Gasteiger partial charge is 0.330 e. The first-order valence-corrected chi connectivity index (χ1v) is 8.71. The second-order valence-electron chi connectivity index (χ2n) is 6.25. The van der Waals surface area contributed by atoms with Crippen LogP contribution >= 0.6 is 0 Å². The zero-order valence-corrected chi connectivity index (χ0v) is 15.3. The van der Waals surface area contributed by atoms with E-state index in [1.165, 1.54) is 6.08 Å². The van der Waals surface area contributed by atoms with E-state index in [1.807, 2.05) is 13.8 Å². The Hall–Kier alpha value is -1.90. The summed E-state index contributed by atoms with van der Waals surface area (Å²) in [5.41, 5.74) is 0. The zero-order valence-electron chi connectivity index (χ0n) is 15.3. The summed E-state index contributed by atoms with van der Waals surface area (Å²) in [4.78, 5) is 23.1. The van der Waals surface area contributed by atoms with Gasteiger partial charge in [-0.3, -0.25) is 4.79 Å². The van der Waals surface area contributed by atoms with Crippen molar-refractivity contribution in [2.45, 2.75) is 70.9 Å². The fourth-order valence-electron chi connectivity index (χ4n) is 2.52. The van der Waals surface area contributed by atoms with Crippen LogP contribution in [-0.4, -0.2) is 36.4 Å². The summed E-state index contributed by atoms with van der Waals surface area (Å²) >= 11 is 0. The Bertz CT molecular complexity index is 539. The molecule has 0 bridgehead atoms. The van der Waals surface area contributed by atoms with E-state index in [4.69, 9.17) is 20.6 Å². The molecule has 0 aliphatic carbocycles. The molecule has 25 heavy (non-hydrogen) atoms. The van der Waals surface area contributed by atoms with E-state index in [9.17, 15) is 9.59 Å². The predicted molar refractivity (Wildman–Crippen MR) is 95.7 cm³/mol. The fraction of sp³-hybridized carbons (Fsp3) is 0.600. The Morgan fingerprint density at radius 1 is 1.28 bits per heavy atom. The van der Waals surface area contributed by atoms with Crippen LogP contribution in [0.15, 0.2) is 24.3 Å². The first-order chi connectivity index (χ1) is 11.9. The molecule has 1 heterocycles. The molecule has 1 aliphatic heterocycles. The largest absolute Gasteiger partial charge is 0.463 e. The summed E-state index contributed by atoms with van der Waals surface area (Å²) in [6.07, 6.45) is 14.4. The van der Waals surface area contributed by atoms with Gasteiger partial charge in [-0.1, -0.05) is 6.08 Å². The molecule has 0 saturated carbocycles. The van der Waals surface area contributed by atoms with E-state index >= 15 is 0 Å². The van der Waals surface area contributed by atoms with Gasteiger partial charge in [0.25, 0.3) is 0 Å². The van der Waals surface area contributed by atoms with E-state index in [0.717, 1.165) is 0 Å². The number of allylic oxidation sites excluding steroid dienone is 2. The molecule has 0 amide bonds. The van der Waals surface area contributed by atoms with E-state index in [2.05, 4.69) is 5.92 Å². The van der Waals surface area contributed by atoms with Crippen molar-refractivity contribution in [3.8, 4) is 12.3 Å². The summed E-state index contributed by atoms with van der Waals surface area (Å²) in [6, 6.07) is 0. The molecule has 0 unspecified atom stereocenters. The quantitative estimate of drug-likeness (QED) is 0.262. The topological polar surface area (TPSA) is 61.8 Å². The average Bonchev–Trinajstić information content (AvgIpc) is 2.85. The Morgan fingerprint density at radius 3 is 2.72 bits per heavy atom. The van der Waals surface area contributed by atoms with E-state index < -0.39 is 5.79 Å². The maximum Gasteiger partial charge on any atom is 0.330 e. The van der Waals surface area contributed by atoms with Crippen molar-refractivity contribution in [1.82, 2.24) is 0 Å². The highest BCUT2D eigenvalue weighted by atomic mass is 16.7. The molecule has 0 aromatic carbocycles. The lowest BCUT2D eigenvalue weighted by Gasteiger charge is -2.16. The fourth-order valence-corrected chi connectivity index (χ4v) is 2.52. The summed E-state index contributed by atoms with van der Waals surface area (Å²) in [6.45, 7) is 5.81. The van der Waals surface area contributed by atoms with Gasteiger partial charge in [0.2, 0.25) is 0 Å². The molecule has 5 nitrogen and oxygen atoms in total. The van der Waals surface area contributed by atoms with Crippen molar-refractivity contribution in [2.24, 2.45) is 0 Å². The van der Waals surface area contributed by atoms with Crippen molar-refractivity contribution in [2.75, 3.05) is 6.61 Å². The van der Waals surface area contributed by atoms with Gasteiger partial charge in [0.15, 0.2) is 11.6 Å². The Balaban J connectivity index is 2.37. The van der Waals surface area contributed by atoms with Crippen molar-refractivity contribution in [3.05, 3.63) is 24.3 Å². The van der Waals surface area contributed by atoms with Crippen LogP contribution in [0.3, 0.4) is 0 Å². The highest BCUT2D eigenvalue weighted by Crippen LogP contribution is 2.31. The van der Waals surface area contributed by atoms with Crippen LogP contribution < -0.4 is 0 Å². The molecule has 1 rings (SSSR count). The van der Waals surface area contributed by atoms with Crippen LogP contribution in [0, 0.1) is 12.3 Å². The summed E-state index contributed by atoms with van der Waals surface area (Å²) < 4.78 is 16.4. The predicted octanol–water partition coefficient (Wildman–Crippen LogP) is 3.33. The minimum absolute atomic E-state index is 0.0218. The molecule has 1 fully saturated rings. The maximum absolute atomic E-state index is 12.0. The van der Waals surface area contributed by atoms with Gasteiger partial charge in [-0.15, -0.1) is 12.3 Å². The first kappa shape index (κ1) is 21.1. The van der Waals surface area contributed by atoms with Crippen LogP contribution in [0.25, 0.3) is 0 Å². The van der Waals surface area contributed by atoms with Gasteiger partial charge in [0.1, 0.15) is 6.10 Å². The van der Waals surface area contributed by atoms with Crippen molar-refractivity contribution < 1.29 is 23.8 Å². The third-order valence-electron chi connectivity index (χ3n) is 3.60. The number of unbranched alkanes of at least 4 members (excludes halogenated alkanes) is 1. The lowest BCUT2D eigenvalue weighted by Crippen LogP contribution is -2.21. The van der Waals surface area contributed by atoms with Gasteiger partial charge in [-0.25, -0.2) is 4.79 Å². The number of rotatable bonds is 10. The van der Waals surface area contributed by atoms with Crippen molar-refractivity contribution >= 4 is 11.8 Å². The van der Waals surface area contributed by atoms with Crippen LogP contribution in [-0.2, 0) is 23.8 Å². The van der Waals surface area contributed by atoms with Gasteiger partial charge in [-0.05, 0) is 52.2 Å². The molecule has 0 N–H and O–H groups in total. The monoisotopic (exact) mass is 348 g/mol. The number of ketones is 1. The molecular weight excluding hydrogens is 320 g/mol. The average molecular weight is 348 g/mol. The normalized spacial score (nSPS) is 22.3. The van der Waals surface area contributed by atoms with Gasteiger partial charge in [0, 0.05) is 18.9 Å². The lowest BCUT2D eigenvalue weighted by molar-refractivity contribution is -0.143. The van der Waals surface area contributed by atoms with Crippen LogP contribution in [0.5, 0.6) is 0 Å². The lowest BCUT2D eigenvalue weighted by atomic mass is 10.1. The Morgan fingerprint density at radius 2 is 2.04 bits per heavy atom. The summed E-state index contributed by atoms with van der Waals surface area (Å²) in [5.74, 6) is 1.59. The van der Waals surface area contributed by atoms with Crippen molar-refractivity contribution in [3.63, 3.8) is 0 Å². The van der Waals surface area contributed by atoms with Gasteiger partial charge < -0.3 is 14.2 Å². The van der Waals surface area contributed by atoms with E-state index in [1.54, 1.807) is 25.2 Å². The molecular formula is C20H28O5. The maximum atomic E-state index is 12.0. The molecule has 5 heteroatoms. The molecule has 2 atom stereocenters. The number of esters is 1. The minimum Gasteiger partial charge on any atom is -0.463 e. The zero-order chi connectivity index (χ0) is 18.7. The number of hydrogen-bond donors (Lipinski definition) is 0. The Kier molecular flexibility index (Phi) is 9.18. The van der Waals surface area contributed by atoms with Gasteiger partial charge in [0.05, 0.1) is 12.7 Å². The number of ether oxygens (including phenoxy) is 3. The highest BCUT2D eigenvalue weighted by Gasteiger charge is 2.39. The molecule has 0 aromatic rings. The summed E-state index contributed by atoms with van der Waals surface area (Å²) in [7, 11) is 0. The Labute approximate surface area is 150 Å². The molecule has 1 aliphatic rings. The molecule has 138 valence electrons. The first-order valence-electron chi connectivity index (χ1n) is 8.71. The molecule has 0 spiro atoms. The summed E-state index contributed by atoms with van der Waals surface area (Å²) in [5, 5.41) is 0. The second kappa shape index (κ2) is 10.9. The SMILES string of the molecule is C#CCC[C@@H]1OC(C)(C)O[C@H]1/C=C/C(=O)CCC/C=C/C(=O)OCC. The minimum atomic E-state index is -0.671. The molecule has 1 saturated heterocycles. The number of carbonyl (C=O) groups excluding carboxylic acids is 2. The second-order valence-corrected chi connectivity index (χ2v) is 6.25. The molecule has 0 radical (unpaired) electrons. The van der Waals surface area contributed by atoms with Gasteiger partial charge >= 0.3 is 5.97 Å². The van der Waals surface area contributed by atoms with Crippen LogP contribution in [0.1, 0.15) is 52.9 Å². The standard InChI is InChI=1S/C20H28O5/c1-5-7-12-17-18(25-20(3,4)24-17)15-14-16(21)11-9-8-10-13-19(22)23-6-2/h1,10,13-15,17-18H,6-9,11-12H2,2-4H3/b13-10+,15-14+/t17-,18-/m0/s1. The van der Waals surface area contributed by atoms with Gasteiger partial charge in [-0.2, -0.15) is 0 Å². The number of terminal acetylenes is 1. The van der Waals surface area contributed by atoms with Crippen LogP contribution in [0.4, 0.5) is 0 Å².